The molecule has 0 saturated heterocycles. The van der Waals surface area contributed by atoms with Gasteiger partial charge in [0.2, 0.25) is 0 Å². The number of nitrogens with zero attached hydrogens (tertiary/aromatic N) is 1. The maximum Gasteiger partial charge on any atom is 0.136 e. The average Bonchev–Trinajstić information content (AvgIpc) is 2.98. The lowest BCUT2D eigenvalue weighted by atomic mass is 10.0. The van der Waals surface area contributed by atoms with E-state index >= 15 is 0 Å². The summed E-state index contributed by atoms with van der Waals surface area (Å²) in [5, 5.41) is 0. The van der Waals surface area contributed by atoms with Crippen molar-refractivity contribution >= 4 is 28.3 Å². The third-order valence-corrected chi connectivity index (χ3v) is 6.75. The monoisotopic (exact) mass is 299 g/mol. The molecule has 0 unspecified atom stereocenters. The molecule has 2 aliphatic rings. The molecule has 3 heteroatoms. The molecule has 0 amide bonds. The summed E-state index contributed by atoms with van der Waals surface area (Å²) >= 11 is 7.85. The van der Waals surface area contributed by atoms with Crippen LogP contribution >= 0.6 is 24.0 Å². The molecule has 0 N–H and O–H groups in total. The summed E-state index contributed by atoms with van der Waals surface area (Å²) in [5.41, 5.74) is 0. The van der Waals surface area contributed by atoms with Crippen molar-refractivity contribution in [3.8, 4) is 0 Å². The molecule has 0 radical (unpaired) electrons. The summed E-state index contributed by atoms with van der Waals surface area (Å²) in [5.74, 6) is 1.02. The number of thiocarbonyl (C=S) groups is 1. The number of unbranched alkanes of at least 4 members (excludes halogenated alkanes) is 2. The topological polar surface area (TPSA) is 3.24 Å². The molecule has 0 aromatic carbocycles. The van der Waals surface area contributed by atoms with Gasteiger partial charge in [-0.25, -0.2) is 0 Å². The number of hydrogen-bond donors (Lipinski definition) is 0. The van der Waals surface area contributed by atoms with E-state index in [-0.39, 0.29) is 0 Å². The van der Waals surface area contributed by atoms with Gasteiger partial charge in [-0.3, -0.25) is 0 Å². The Morgan fingerprint density at radius 2 is 1.74 bits per heavy atom. The highest BCUT2D eigenvalue weighted by Crippen LogP contribution is 2.55. The van der Waals surface area contributed by atoms with E-state index < -0.39 is 0 Å². The van der Waals surface area contributed by atoms with Crippen molar-refractivity contribution in [3.05, 3.63) is 0 Å². The summed E-state index contributed by atoms with van der Waals surface area (Å²) < 4.78 is 1.74. The number of rotatable bonds is 7. The lowest BCUT2D eigenvalue weighted by Crippen LogP contribution is -2.33. The first kappa shape index (κ1) is 15.6. The molecule has 110 valence electrons. The van der Waals surface area contributed by atoms with Crippen LogP contribution in [0.4, 0.5) is 0 Å². The van der Waals surface area contributed by atoms with Crippen LogP contribution in [0.3, 0.4) is 0 Å². The van der Waals surface area contributed by atoms with Crippen molar-refractivity contribution in [2.24, 2.45) is 5.92 Å². The molecule has 2 bridgehead atoms. The minimum Gasteiger partial charge on any atom is -0.358 e. The summed E-state index contributed by atoms with van der Waals surface area (Å²) in [6.45, 7) is 6.88. The van der Waals surface area contributed by atoms with Gasteiger partial charge in [-0.1, -0.05) is 50.7 Å². The van der Waals surface area contributed by atoms with Crippen molar-refractivity contribution in [1.82, 2.24) is 4.90 Å². The first-order valence-corrected chi connectivity index (χ1v) is 9.39. The van der Waals surface area contributed by atoms with Gasteiger partial charge in [-0.15, -0.1) is 0 Å². The zero-order valence-electron chi connectivity index (χ0n) is 12.6. The quantitative estimate of drug-likeness (QED) is 0.592. The summed E-state index contributed by atoms with van der Waals surface area (Å²) in [4.78, 5) is 2.49. The molecule has 1 nitrogen and oxygen atoms in total. The van der Waals surface area contributed by atoms with Gasteiger partial charge in [0.25, 0.3) is 0 Å². The van der Waals surface area contributed by atoms with Crippen molar-refractivity contribution in [2.75, 3.05) is 13.1 Å². The Bertz CT molecular complexity index is 287. The van der Waals surface area contributed by atoms with Gasteiger partial charge in [0.15, 0.2) is 0 Å². The first-order valence-electron chi connectivity index (χ1n) is 8.17. The second-order valence-corrected chi connectivity index (χ2v) is 8.49. The van der Waals surface area contributed by atoms with Crippen LogP contribution in [0.2, 0.25) is 0 Å². The smallest absolute Gasteiger partial charge is 0.136 e. The van der Waals surface area contributed by atoms with E-state index in [0.717, 1.165) is 5.92 Å². The minimum atomic E-state index is 0.540. The molecule has 0 aromatic rings. The molecule has 2 aliphatic carbocycles. The van der Waals surface area contributed by atoms with Crippen LogP contribution in [-0.4, -0.2) is 27.1 Å². The number of fused-ring (bicyclic) bond motifs is 2. The van der Waals surface area contributed by atoms with Gasteiger partial charge in [0.1, 0.15) is 4.32 Å². The lowest BCUT2D eigenvalue weighted by molar-refractivity contribution is 0.410. The van der Waals surface area contributed by atoms with Gasteiger partial charge in [0.05, 0.1) is 0 Å². The second-order valence-electron chi connectivity index (χ2n) is 6.39. The summed E-state index contributed by atoms with van der Waals surface area (Å²) in [6, 6.07) is 0. The number of thioether (sulfide) groups is 1. The fourth-order valence-electron chi connectivity index (χ4n) is 3.52. The van der Waals surface area contributed by atoms with E-state index in [1.807, 2.05) is 0 Å². The van der Waals surface area contributed by atoms with E-state index in [0.29, 0.717) is 4.75 Å². The minimum absolute atomic E-state index is 0.540. The number of hydrogen-bond acceptors (Lipinski definition) is 2. The van der Waals surface area contributed by atoms with Gasteiger partial charge < -0.3 is 4.90 Å². The Balaban J connectivity index is 1.87. The largest absolute Gasteiger partial charge is 0.358 e. The third-order valence-electron chi connectivity index (χ3n) is 4.80. The maximum atomic E-state index is 5.78. The van der Waals surface area contributed by atoms with Crippen molar-refractivity contribution in [2.45, 2.75) is 76.4 Å². The predicted molar refractivity (Wildman–Crippen MR) is 90.9 cm³/mol. The van der Waals surface area contributed by atoms with Crippen LogP contribution in [0.1, 0.15) is 71.6 Å². The molecule has 0 spiro atoms. The molecular formula is C16H29NS2. The van der Waals surface area contributed by atoms with E-state index in [1.54, 1.807) is 0 Å². The zero-order valence-corrected chi connectivity index (χ0v) is 14.3. The van der Waals surface area contributed by atoms with E-state index in [9.17, 15) is 0 Å². The van der Waals surface area contributed by atoms with Gasteiger partial charge in [-0.05, 0) is 50.9 Å². The van der Waals surface area contributed by atoms with Crippen LogP contribution in [0.15, 0.2) is 0 Å². The molecule has 19 heavy (non-hydrogen) atoms. The molecule has 0 heterocycles. The van der Waals surface area contributed by atoms with Gasteiger partial charge >= 0.3 is 0 Å². The van der Waals surface area contributed by atoms with Crippen LogP contribution in [0.25, 0.3) is 0 Å². The van der Waals surface area contributed by atoms with Crippen molar-refractivity contribution in [3.63, 3.8) is 0 Å². The standard InChI is InChI=1S/C16H29NS2/c1-3-5-11-17(12-6-4-2)15(18)19-16-9-7-14(13-16)8-10-16/h14H,3-13H2,1-2H3. The fraction of sp³-hybridized carbons (Fsp3) is 0.938. The zero-order chi connectivity index (χ0) is 13.7. The molecule has 2 saturated carbocycles. The maximum absolute atomic E-state index is 5.78. The van der Waals surface area contributed by atoms with Crippen LogP contribution in [-0.2, 0) is 0 Å². The lowest BCUT2D eigenvalue weighted by Gasteiger charge is -2.31. The SMILES string of the molecule is CCCCN(CCCC)C(=S)SC12CCC(CC1)C2. The van der Waals surface area contributed by atoms with Crippen molar-refractivity contribution in [1.29, 1.82) is 0 Å². The van der Waals surface area contributed by atoms with Gasteiger partial charge in [-0.2, -0.15) is 0 Å². The van der Waals surface area contributed by atoms with E-state index in [1.165, 1.54) is 75.2 Å². The summed E-state index contributed by atoms with van der Waals surface area (Å²) in [7, 11) is 0. The van der Waals surface area contributed by atoms with Crippen LogP contribution < -0.4 is 0 Å². The Hall–Kier alpha value is 0.240. The normalized spacial score (nSPS) is 28.8. The molecular weight excluding hydrogens is 270 g/mol. The molecule has 2 fully saturated rings. The van der Waals surface area contributed by atoms with Crippen LogP contribution in [0, 0.1) is 5.92 Å². The molecule has 0 aliphatic heterocycles. The average molecular weight is 300 g/mol. The summed E-state index contributed by atoms with van der Waals surface area (Å²) in [6.07, 6.45) is 12.3. The third kappa shape index (κ3) is 4.10. The van der Waals surface area contributed by atoms with E-state index in [2.05, 4.69) is 30.5 Å². The highest BCUT2D eigenvalue weighted by molar-refractivity contribution is 8.23. The fourth-order valence-corrected chi connectivity index (χ4v) is 5.68. The van der Waals surface area contributed by atoms with Crippen molar-refractivity contribution < 1.29 is 0 Å². The second kappa shape index (κ2) is 7.31. The first-order chi connectivity index (χ1) is 9.19. The molecule has 0 atom stereocenters. The molecule has 0 aromatic heterocycles. The van der Waals surface area contributed by atoms with Gasteiger partial charge in [0, 0.05) is 17.8 Å². The predicted octanol–water partition coefficient (Wildman–Crippen LogP) is 5.24. The Kier molecular flexibility index (Phi) is 6.01. The Labute approximate surface area is 128 Å². The highest BCUT2D eigenvalue weighted by Gasteiger charge is 2.46. The highest BCUT2D eigenvalue weighted by atomic mass is 32.2. The van der Waals surface area contributed by atoms with Crippen LogP contribution in [0.5, 0.6) is 0 Å². The van der Waals surface area contributed by atoms with E-state index in [4.69, 9.17) is 12.2 Å². The Morgan fingerprint density at radius 3 is 2.16 bits per heavy atom. The molecule has 2 rings (SSSR count). The Morgan fingerprint density at radius 1 is 1.16 bits per heavy atom.